The molecule has 0 fully saturated rings. The second-order valence-electron chi connectivity index (χ2n) is 7.54. The van der Waals surface area contributed by atoms with Crippen molar-refractivity contribution < 1.29 is 18.7 Å². The first-order valence-electron chi connectivity index (χ1n) is 10.2. The molecule has 0 radical (unpaired) electrons. The Kier molecular flexibility index (Phi) is 5.56. The fourth-order valence-corrected chi connectivity index (χ4v) is 4.26. The van der Waals surface area contributed by atoms with Gasteiger partial charge in [-0.25, -0.2) is 4.79 Å². The molecule has 3 aromatic carbocycles. The molecule has 0 atom stereocenters. The molecule has 2 N–H and O–H groups in total. The van der Waals surface area contributed by atoms with Crippen molar-refractivity contribution in [1.29, 1.82) is 0 Å². The van der Waals surface area contributed by atoms with Crippen LogP contribution in [0.4, 0.5) is 10.5 Å². The van der Waals surface area contributed by atoms with Crippen molar-refractivity contribution in [2.75, 3.05) is 5.32 Å². The third-order valence-corrected chi connectivity index (χ3v) is 5.95. The second kappa shape index (κ2) is 8.80. The van der Waals surface area contributed by atoms with Gasteiger partial charge in [-0.1, -0.05) is 48.5 Å². The van der Waals surface area contributed by atoms with Crippen LogP contribution in [0.1, 0.15) is 21.7 Å². The van der Waals surface area contributed by atoms with Gasteiger partial charge in [0.2, 0.25) is 0 Å². The maximum atomic E-state index is 12.3. The van der Waals surface area contributed by atoms with Crippen molar-refractivity contribution in [3.8, 4) is 5.75 Å². The van der Waals surface area contributed by atoms with Gasteiger partial charge >= 0.3 is 6.03 Å². The molecular weight excluding hydrogens is 424 g/mol. The van der Waals surface area contributed by atoms with E-state index in [2.05, 4.69) is 22.2 Å². The summed E-state index contributed by atoms with van der Waals surface area (Å²) in [6, 6.07) is 24.1. The molecule has 2 amide bonds. The van der Waals surface area contributed by atoms with Crippen molar-refractivity contribution in [3.05, 3.63) is 95.7 Å². The number of carbonyl (C=O) groups excluding carboxylic acids is 2. The van der Waals surface area contributed by atoms with E-state index in [1.54, 1.807) is 24.3 Å². The molecule has 32 heavy (non-hydrogen) atoms. The summed E-state index contributed by atoms with van der Waals surface area (Å²) in [6.07, 6.45) is 1.82. The fraction of sp³-hybridized carbons (Fsp3) is 0.120. The number of hydrogen-bond acceptors (Lipinski definition) is 5. The lowest BCUT2D eigenvalue weighted by atomic mass is 10.1. The minimum atomic E-state index is -0.509. The third-order valence-electron chi connectivity index (χ3n) is 5.27. The molecule has 0 saturated carbocycles. The summed E-state index contributed by atoms with van der Waals surface area (Å²) < 4.78 is 14.1. The Morgan fingerprint density at radius 2 is 1.66 bits per heavy atom. The minimum absolute atomic E-state index is 0.0773. The molecule has 1 heterocycles. The first-order chi connectivity index (χ1) is 15.6. The average molecular weight is 445 g/mol. The number of nitrogens with one attached hydrogen (secondary N) is 2. The van der Waals surface area contributed by atoms with Crippen LogP contribution < -0.4 is 14.8 Å². The maximum Gasteiger partial charge on any atom is 0.329 e. The Morgan fingerprint density at radius 1 is 0.906 bits per heavy atom. The van der Waals surface area contributed by atoms with Crippen molar-refractivity contribution in [2.24, 2.45) is 0 Å². The predicted octanol–water partition coefficient (Wildman–Crippen LogP) is 5.59. The van der Waals surface area contributed by atoms with Gasteiger partial charge in [0.25, 0.3) is 5.12 Å². The lowest BCUT2D eigenvalue weighted by Gasteiger charge is -2.14. The molecule has 0 spiro atoms. The number of para-hydroxylation sites is 1. The number of fused-ring (bicyclic) bond motifs is 2. The van der Waals surface area contributed by atoms with E-state index >= 15 is 0 Å². The molecule has 5 rings (SSSR count). The van der Waals surface area contributed by atoms with Crippen LogP contribution in [0.2, 0.25) is 0 Å². The van der Waals surface area contributed by atoms with Gasteiger partial charge in [0.15, 0.2) is 5.76 Å². The minimum Gasteiger partial charge on any atom is -0.490 e. The first-order valence-corrected chi connectivity index (χ1v) is 11.1. The molecule has 0 bridgehead atoms. The maximum absolute atomic E-state index is 12.3. The van der Waals surface area contributed by atoms with Gasteiger partial charge in [0.1, 0.15) is 17.4 Å². The van der Waals surface area contributed by atoms with Crippen LogP contribution in [0.3, 0.4) is 0 Å². The largest absolute Gasteiger partial charge is 0.490 e. The van der Waals surface area contributed by atoms with E-state index < -0.39 is 6.03 Å². The van der Waals surface area contributed by atoms with E-state index in [0.717, 1.165) is 18.2 Å². The van der Waals surface area contributed by atoms with Gasteiger partial charge in [-0.15, -0.1) is 0 Å². The normalized spacial score (nSPS) is 13.0. The van der Waals surface area contributed by atoms with Gasteiger partial charge in [0, 0.05) is 41.9 Å². The smallest absolute Gasteiger partial charge is 0.329 e. The first kappa shape index (κ1) is 20.2. The lowest BCUT2D eigenvalue weighted by Crippen LogP contribution is -2.24. The summed E-state index contributed by atoms with van der Waals surface area (Å²) in [5, 5.41) is 3.18. The van der Waals surface area contributed by atoms with Gasteiger partial charge in [-0.3, -0.25) is 9.52 Å². The fourth-order valence-electron chi connectivity index (χ4n) is 3.82. The molecule has 1 aliphatic carbocycles. The number of urea groups is 1. The molecule has 0 unspecified atom stereocenters. The van der Waals surface area contributed by atoms with Crippen LogP contribution in [0.15, 0.2) is 83.3 Å². The van der Waals surface area contributed by atoms with Crippen LogP contribution in [-0.4, -0.2) is 17.3 Å². The molecular formula is C25H20N2O4S. The van der Waals surface area contributed by atoms with Crippen molar-refractivity contribution in [2.45, 2.75) is 18.9 Å². The zero-order valence-corrected chi connectivity index (χ0v) is 17.9. The lowest BCUT2D eigenvalue weighted by molar-refractivity contribution is 0.106. The van der Waals surface area contributed by atoms with E-state index in [-0.39, 0.29) is 17.0 Å². The van der Waals surface area contributed by atoms with Gasteiger partial charge < -0.3 is 14.5 Å². The van der Waals surface area contributed by atoms with Crippen LogP contribution in [0, 0.1) is 0 Å². The van der Waals surface area contributed by atoms with Crippen molar-refractivity contribution in [3.63, 3.8) is 0 Å². The molecule has 1 aliphatic rings. The highest BCUT2D eigenvalue weighted by Gasteiger charge is 2.22. The van der Waals surface area contributed by atoms with Gasteiger partial charge in [-0.2, -0.15) is 0 Å². The number of anilines is 1. The SMILES string of the molecule is O=C(NSC(=O)c1cc2ccccc2o1)Nc1cccc(OC2Cc3ccccc3C2)c1. The number of furan rings is 1. The number of rotatable bonds is 4. The molecule has 6 nitrogen and oxygen atoms in total. The number of carbonyl (C=O) groups is 2. The number of amides is 2. The Labute approximate surface area is 189 Å². The van der Waals surface area contributed by atoms with Crippen molar-refractivity contribution >= 4 is 39.8 Å². The number of hydrogen-bond donors (Lipinski definition) is 2. The van der Waals surface area contributed by atoms with Crippen LogP contribution in [-0.2, 0) is 12.8 Å². The summed E-state index contributed by atoms with van der Waals surface area (Å²) in [7, 11) is 0. The highest BCUT2D eigenvalue weighted by Crippen LogP contribution is 2.27. The zero-order valence-electron chi connectivity index (χ0n) is 17.0. The molecule has 160 valence electrons. The standard InChI is InChI=1S/C25H20N2O4S/c28-24(23-14-18-8-3-4-11-22(18)31-23)32-27-25(29)26-19-9-5-10-20(15-19)30-21-12-16-6-1-2-7-17(16)13-21/h1-11,14-15,21H,12-13H2,(H2,26,27,29). The predicted molar refractivity (Wildman–Crippen MR) is 125 cm³/mol. The van der Waals surface area contributed by atoms with Crippen LogP contribution >= 0.6 is 11.9 Å². The van der Waals surface area contributed by atoms with Gasteiger partial charge in [0.05, 0.1) is 0 Å². The molecule has 0 saturated heterocycles. The summed E-state index contributed by atoms with van der Waals surface area (Å²) in [4.78, 5) is 24.6. The topological polar surface area (TPSA) is 80.6 Å². The zero-order chi connectivity index (χ0) is 21.9. The summed E-state index contributed by atoms with van der Waals surface area (Å²) >= 11 is 0.669. The monoisotopic (exact) mass is 444 g/mol. The van der Waals surface area contributed by atoms with E-state index in [4.69, 9.17) is 9.15 Å². The third kappa shape index (κ3) is 4.48. The molecule has 0 aliphatic heterocycles. The Balaban J connectivity index is 1.15. The Bertz CT molecular complexity index is 1240. The summed E-state index contributed by atoms with van der Waals surface area (Å²) in [5.41, 5.74) is 3.84. The highest BCUT2D eigenvalue weighted by atomic mass is 32.2. The molecule has 4 aromatic rings. The highest BCUT2D eigenvalue weighted by molar-refractivity contribution is 8.12. The Hall–Kier alpha value is -3.71. The van der Waals surface area contributed by atoms with E-state index in [1.807, 2.05) is 42.5 Å². The second-order valence-corrected chi connectivity index (χ2v) is 8.32. The quantitative estimate of drug-likeness (QED) is 0.401. The van der Waals surface area contributed by atoms with E-state index in [0.29, 0.717) is 29.0 Å². The molecule has 1 aromatic heterocycles. The van der Waals surface area contributed by atoms with Crippen LogP contribution in [0.25, 0.3) is 11.0 Å². The number of benzene rings is 3. The molecule has 7 heteroatoms. The Morgan fingerprint density at radius 3 is 2.44 bits per heavy atom. The van der Waals surface area contributed by atoms with E-state index in [1.165, 1.54) is 11.1 Å². The average Bonchev–Trinajstić information content (AvgIpc) is 3.41. The van der Waals surface area contributed by atoms with Crippen LogP contribution in [0.5, 0.6) is 5.75 Å². The summed E-state index contributed by atoms with van der Waals surface area (Å²) in [5.74, 6) is 0.871. The van der Waals surface area contributed by atoms with Gasteiger partial charge in [-0.05, 0) is 35.4 Å². The summed E-state index contributed by atoms with van der Waals surface area (Å²) in [6.45, 7) is 0. The van der Waals surface area contributed by atoms with E-state index in [9.17, 15) is 9.59 Å². The number of ether oxygens (including phenoxy) is 1. The van der Waals surface area contributed by atoms with Crippen molar-refractivity contribution in [1.82, 2.24) is 4.72 Å².